The van der Waals surface area contributed by atoms with Gasteiger partial charge >= 0.3 is 0 Å². The van der Waals surface area contributed by atoms with Crippen LogP contribution in [-0.2, 0) is 6.61 Å². The molecule has 1 atom stereocenters. The molecule has 2 aromatic heterocycles. The van der Waals surface area contributed by atoms with E-state index in [9.17, 15) is 0 Å². The lowest BCUT2D eigenvalue weighted by Gasteiger charge is -2.12. The van der Waals surface area contributed by atoms with Crippen molar-refractivity contribution in [3.8, 4) is 5.75 Å². The van der Waals surface area contributed by atoms with E-state index in [1.165, 1.54) is 0 Å². The van der Waals surface area contributed by atoms with Crippen molar-refractivity contribution in [2.75, 3.05) is 0 Å². The molecular weight excluding hydrogens is 258 g/mol. The Morgan fingerprint density at radius 3 is 3.05 bits per heavy atom. The maximum absolute atomic E-state index is 5.93. The van der Waals surface area contributed by atoms with E-state index >= 15 is 0 Å². The molecule has 0 aliphatic rings. The molecule has 98 valence electrons. The summed E-state index contributed by atoms with van der Waals surface area (Å²) in [6.07, 6.45) is 3.98. The standard InChI is InChI=1S/C14H15N3OS/c1-10(15)12-4-2-3-5-13(12)18-9-11-8-17-6-7-19-14(17)16-11/h2-8,10H,9,15H2,1H3/t10-/m0/s1. The maximum Gasteiger partial charge on any atom is 0.193 e. The van der Waals surface area contributed by atoms with Gasteiger partial charge in [0.1, 0.15) is 12.4 Å². The van der Waals surface area contributed by atoms with Gasteiger partial charge in [-0.25, -0.2) is 4.98 Å². The average molecular weight is 273 g/mol. The van der Waals surface area contributed by atoms with Crippen molar-refractivity contribution in [3.05, 3.63) is 53.3 Å². The molecule has 0 aliphatic heterocycles. The highest BCUT2D eigenvalue weighted by atomic mass is 32.1. The van der Waals surface area contributed by atoms with Crippen molar-refractivity contribution < 1.29 is 4.74 Å². The lowest BCUT2D eigenvalue weighted by Crippen LogP contribution is -2.08. The summed E-state index contributed by atoms with van der Waals surface area (Å²) in [7, 11) is 0. The topological polar surface area (TPSA) is 52.5 Å². The molecular formula is C14H15N3OS. The van der Waals surface area contributed by atoms with Gasteiger partial charge in [-0.3, -0.25) is 4.40 Å². The third-order valence-corrected chi connectivity index (χ3v) is 3.70. The van der Waals surface area contributed by atoms with E-state index in [0.717, 1.165) is 22.0 Å². The first-order valence-corrected chi connectivity index (χ1v) is 7.00. The number of hydrogen-bond acceptors (Lipinski definition) is 4. The van der Waals surface area contributed by atoms with Crippen molar-refractivity contribution in [2.24, 2.45) is 5.73 Å². The highest BCUT2D eigenvalue weighted by Crippen LogP contribution is 2.24. The van der Waals surface area contributed by atoms with E-state index in [1.54, 1.807) is 11.3 Å². The van der Waals surface area contributed by atoms with E-state index in [2.05, 4.69) is 4.98 Å². The molecule has 0 saturated heterocycles. The van der Waals surface area contributed by atoms with Gasteiger partial charge in [-0.1, -0.05) is 18.2 Å². The van der Waals surface area contributed by atoms with E-state index in [0.29, 0.717) is 6.61 Å². The Morgan fingerprint density at radius 1 is 1.42 bits per heavy atom. The summed E-state index contributed by atoms with van der Waals surface area (Å²) in [6, 6.07) is 7.82. The fourth-order valence-corrected chi connectivity index (χ4v) is 2.70. The molecule has 3 aromatic rings. The van der Waals surface area contributed by atoms with Gasteiger partial charge in [-0.2, -0.15) is 0 Å². The van der Waals surface area contributed by atoms with Gasteiger partial charge in [0.15, 0.2) is 4.96 Å². The van der Waals surface area contributed by atoms with Gasteiger partial charge in [-0.05, 0) is 13.0 Å². The van der Waals surface area contributed by atoms with Gasteiger partial charge < -0.3 is 10.5 Å². The zero-order chi connectivity index (χ0) is 13.2. The normalized spacial score (nSPS) is 12.7. The first-order valence-electron chi connectivity index (χ1n) is 6.12. The Kier molecular flexibility index (Phi) is 3.23. The van der Waals surface area contributed by atoms with Crippen LogP contribution in [-0.4, -0.2) is 9.38 Å². The SMILES string of the molecule is C[C@H](N)c1ccccc1OCc1cn2ccsc2n1. The molecule has 0 spiro atoms. The molecule has 2 N–H and O–H groups in total. The average Bonchev–Trinajstić information content (AvgIpc) is 2.97. The Balaban J connectivity index is 1.77. The van der Waals surface area contributed by atoms with Crippen molar-refractivity contribution in [2.45, 2.75) is 19.6 Å². The monoisotopic (exact) mass is 273 g/mol. The fraction of sp³-hybridized carbons (Fsp3) is 0.214. The Bertz CT molecular complexity index is 658. The Morgan fingerprint density at radius 2 is 2.26 bits per heavy atom. The van der Waals surface area contributed by atoms with Crippen LogP contribution >= 0.6 is 11.3 Å². The molecule has 0 bridgehead atoms. The maximum atomic E-state index is 5.93. The zero-order valence-corrected chi connectivity index (χ0v) is 11.4. The largest absolute Gasteiger partial charge is 0.487 e. The van der Waals surface area contributed by atoms with Crippen LogP contribution in [0.5, 0.6) is 5.75 Å². The number of nitrogens with zero attached hydrogens (tertiary/aromatic N) is 2. The predicted molar refractivity (Wildman–Crippen MR) is 76.4 cm³/mol. The van der Waals surface area contributed by atoms with Gasteiger partial charge in [0, 0.05) is 29.4 Å². The zero-order valence-electron chi connectivity index (χ0n) is 10.6. The number of ether oxygens (including phenoxy) is 1. The molecule has 0 amide bonds. The van der Waals surface area contributed by atoms with Crippen LogP contribution in [0.15, 0.2) is 42.0 Å². The van der Waals surface area contributed by atoms with Gasteiger partial charge in [-0.15, -0.1) is 11.3 Å². The van der Waals surface area contributed by atoms with Gasteiger partial charge in [0.05, 0.1) is 5.69 Å². The third-order valence-electron chi connectivity index (χ3n) is 2.93. The van der Waals surface area contributed by atoms with Gasteiger partial charge in [0.2, 0.25) is 0 Å². The van der Waals surface area contributed by atoms with Crippen LogP contribution in [0.4, 0.5) is 0 Å². The second-order valence-corrected chi connectivity index (χ2v) is 5.31. The number of nitrogens with two attached hydrogens (primary N) is 1. The molecule has 1 aromatic carbocycles. The van der Waals surface area contributed by atoms with Crippen molar-refractivity contribution in [3.63, 3.8) is 0 Å². The molecule has 0 radical (unpaired) electrons. The summed E-state index contributed by atoms with van der Waals surface area (Å²) >= 11 is 1.61. The fourth-order valence-electron chi connectivity index (χ4n) is 1.99. The second-order valence-electron chi connectivity index (χ2n) is 4.44. The highest BCUT2D eigenvalue weighted by molar-refractivity contribution is 7.15. The number of aromatic nitrogens is 2. The van der Waals surface area contributed by atoms with Crippen molar-refractivity contribution >= 4 is 16.3 Å². The molecule has 4 nitrogen and oxygen atoms in total. The minimum absolute atomic E-state index is 0.0401. The molecule has 0 fully saturated rings. The van der Waals surface area contributed by atoms with Crippen LogP contribution in [0.3, 0.4) is 0 Å². The van der Waals surface area contributed by atoms with Gasteiger partial charge in [0.25, 0.3) is 0 Å². The lowest BCUT2D eigenvalue weighted by molar-refractivity contribution is 0.297. The summed E-state index contributed by atoms with van der Waals surface area (Å²) in [5.74, 6) is 0.828. The summed E-state index contributed by atoms with van der Waals surface area (Å²) in [5.41, 5.74) is 7.87. The first kappa shape index (κ1) is 12.2. The van der Waals surface area contributed by atoms with Crippen LogP contribution in [0.25, 0.3) is 4.96 Å². The number of para-hydroxylation sites is 1. The lowest BCUT2D eigenvalue weighted by atomic mass is 10.1. The Labute approximate surface area is 115 Å². The third kappa shape index (κ3) is 2.47. The molecule has 0 unspecified atom stereocenters. The van der Waals surface area contributed by atoms with E-state index < -0.39 is 0 Å². The predicted octanol–water partition coefficient (Wildman–Crippen LogP) is 2.99. The van der Waals surface area contributed by atoms with Crippen LogP contribution in [0.2, 0.25) is 0 Å². The quantitative estimate of drug-likeness (QED) is 0.795. The summed E-state index contributed by atoms with van der Waals surface area (Å²) in [5, 5.41) is 2.01. The molecule has 5 heteroatoms. The summed E-state index contributed by atoms with van der Waals surface area (Å²) in [6.45, 7) is 2.41. The first-order chi connectivity index (χ1) is 9.24. The van der Waals surface area contributed by atoms with E-state index in [4.69, 9.17) is 10.5 Å². The van der Waals surface area contributed by atoms with Crippen LogP contribution in [0, 0.1) is 0 Å². The molecule has 19 heavy (non-hydrogen) atoms. The number of rotatable bonds is 4. The summed E-state index contributed by atoms with van der Waals surface area (Å²) in [4.78, 5) is 5.47. The highest BCUT2D eigenvalue weighted by Gasteiger charge is 2.08. The van der Waals surface area contributed by atoms with Crippen LogP contribution in [0.1, 0.15) is 24.2 Å². The number of imidazole rings is 1. The van der Waals surface area contributed by atoms with E-state index in [-0.39, 0.29) is 6.04 Å². The number of fused-ring (bicyclic) bond motifs is 1. The smallest absolute Gasteiger partial charge is 0.193 e. The number of thiazole rings is 1. The number of hydrogen-bond donors (Lipinski definition) is 1. The summed E-state index contributed by atoms with van der Waals surface area (Å²) < 4.78 is 7.83. The Hall–Kier alpha value is -1.85. The molecule has 0 saturated carbocycles. The van der Waals surface area contributed by atoms with Crippen molar-refractivity contribution in [1.29, 1.82) is 0 Å². The van der Waals surface area contributed by atoms with E-state index in [1.807, 2.05) is 53.4 Å². The number of benzene rings is 1. The van der Waals surface area contributed by atoms with Crippen LogP contribution < -0.4 is 10.5 Å². The minimum Gasteiger partial charge on any atom is -0.487 e. The molecule has 2 heterocycles. The minimum atomic E-state index is -0.0401. The molecule has 0 aliphatic carbocycles. The molecule has 3 rings (SSSR count). The second kappa shape index (κ2) is 5.03. The van der Waals surface area contributed by atoms with Crippen molar-refractivity contribution in [1.82, 2.24) is 9.38 Å².